The molecule has 0 saturated heterocycles. The number of aromatic nitrogens is 1. The number of fused-ring (bicyclic) bond motifs is 2. The van der Waals surface area contributed by atoms with Crippen LogP contribution in [0.15, 0.2) is 41.3 Å². The number of halogens is 1. The Kier molecular flexibility index (Phi) is 9.18. The van der Waals surface area contributed by atoms with Gasteiger partial charge in [0, 0.05) is 37.3 Å². The smallest absolute Gasteiger partial charge is 0.260 e. The van der Waals surface area contributed by atoms with Crippen LogP contribution in [-0.4, -0.2) is 75.6 Å². The first-order valence-corrected chi connectivity index (χ1v) is 13.8. The lowest BCUT2D eigenvalue weighted by molar-refractivity contribution is 0.0986. The zero-order valence-electron chi connectivity index (χ0n) is 20.8. The highest BCUT2D eigenvalue weighted by atomic mass is 35.5. The molecule has 0 bridgehead atoms. The fourth-order valence-corrected chi connectivity index (χ4v) is 6.35. The van der Waals surface area contributed by atoms with E-state index in [1.54, 1.807) is 30.9 Å². The number of anilines is 1. The van der Waals surface area contributed by atoms with E-state index in [9.17, 15) is 13.2 Å². The molecular formula is C24H31ClN4O5S2. The molecule has 2 heterocycles. The average Bonchev–Trinajstić information content (AvgIpc) is 3.46. The van der Waals surface area contributed by atoms with Gasteiger partial charge in [-0.3, -0.25) is 9.69 Å². The van der Waals surface area contributed by atoms with Crippen molar-refractivity contribution < 1.29 is 22.7 Å². The monoisotopic (exact) mass is 554 g/mol. The lowest BCUT2D eigenvalue weighted by atomic mass is 10.2. The SMILES string of the molecule is CCN(CC)S(=O)(=O)c1ccc(C(=O)N(CCCN(C)C)c2nc3cc4c(cc3s2)OCO4)cc1.Cl. The van der Waals surface area contributed by atoms with E-state index in [1.165, 1.54) is 27.8 Å². The lowest BCUT2D eigenvalue weighted by Gasteiger charge is -2.22. The molecule has 1 aliphatic heterocycles. The molecule has 196 valence electrons. The number of amides is 1. The standard InChI is InChI=1S/C24H30N4O5S2.ClH/c1-5-27(6-2)35(30,31)18-10-8-17(9-11-18)23(29)28(13-7-12-26(3)4)24-25-19-14-20-21(33-16-32-20)15-22(19)34-24;/h8-11,14-15H,5-7,12-13,16H2,1-4H3;1H. The van der Waals surface area contributed by atoms with Crippen molar-refractivity contribution in [1.82, 2.24) is 14.2 Å². The van der Waals surface area contributed by atoms with Crippen molar-refractivity contribution in [2.24, 2.45) is 0 Å². The molecule has 3 aromatic rings. The number of hydrogen-bond acceptors (Lipinski definition) is 8. The maximum Gasteiger partial charge on any atom is 0.260 e. The highest BCUT2D eigenvalue weighted by Crippen LogP contribution is 2.40. The first-order valence-electron chi connectivity index (χ1n) is 11.5. The molecule has 0 saturated carbocycles. The molecule has 0 N–H and O–H groups in total. The van der Waals surface area contributed by atoms with Crippen molar-refractivity contribution in [2.45, 2.75) is 25.2 Å². The molecule has 36 heavy (non-hydrogen) atoms. The third-order valence-corrected chi connectivity index (χ3v) is 8.88. The number of hydrogen-bond donors (Lipinski definition) is 0. The van der Waals surface area contributed by atoms with Crippen LogP contribution in [0.4, 0.5) is 5.13 Å². The molecule has 0 fully saturated rings. The first-order chi connectivity index (χ1) is 16.7. The zero-order chi connectivity index (χ0) is 25.2. The Balaban J connectivity index is 0.00000361. The number of carbonyl (C=O) groups excluding carboxylic acids is 1. The minimum atomic E-state index is -3.59. The van der Waals surface area contributed by atoms with Gasteiger partial charge in [-0.05, 0) is 51.3 Å². The molecular weight excluding hydrogens is 524 g/mol. The van der Waals surface area contributed by atoms with E-state index in [4.69, 9.17) is 14.5 Å². The number of nitrogens with zero attached hydrogens (tertiary/aromatic N) is 4. The molecule has 1 aromatic heterocycles. The van der Waals surface area contributed by atoms with Gasteiger partial charge >= 0.3 is 0 Å². The summed E-state index contributed by atoms with van der Waals surface area (Å²) in [4.78, 5) is 22.2. The summed E-state index contributed by atoms with van der Waals surface area (Å²) in [6.45, 7) is 5.85. The molecule has 1 aliphatic rings. The van der Waals surface area contributed by atoms with Gasteiger partial charge in [0.1, 0.15) is 0 Å². The summed E-state index contributed by atoms with van der Waals surface area (Å²) in [6.07, 6.45) is 0.756. The molecule has 0 unspecified atom stereocenters. The summed E-state index contributed by atoms with van der Waals surface area (Å²) in [7, 11) is 0.380. The Morgan fingerprint density at radius 3 is 2.28 bits per heavy atom. The molecule has 2 aromatic carbocycles. The van der Waals surface area contributed by atoms with Crippen molar-refractivity contribution in [3.05, 3.63) is 42.0 Å². The van der Waals surface area contributed by atoms with Crippen LogP contribution < -0.4 is 14.4 Å². The van der Waals surface area contributed by atoms with Crippen LogP contribution in [0.25, 0.3) is 10.2 Å². The number of carbonyl (C=O) groups is 1. The van der Waals surface area contributed by atoms with Gasteiger partial charge < -0.3 is 14.4 Å². The predicted octanol–water partition coefficient (Wildman–Crippen LogP) is 4.08. The fraction of sp³-hybridized carbons (Fsp3) is 0.417. The Labute approximate surface area is 222 Å². The summed E-state index contributed by atoms with van der Waals surface area (Å²) in [5.74, 6) is 1.09. The molecule has 9 nitrogen and oxygen atoms in total. The third kappa shape index (κ3) is 5.76. The third-order valence-electron chi connectivity index (χ3n) is 5.78. The van der Waals surface area contributed by atoms with Crippen LogP contribution in [0.1, 0.15) is 30.6 Å². The van der Waals surface area contributed by atoms with Crippen molar-refractivity contribution in [1.29, 1.82) is 0 Å². The molecule has 12 heteroatoms. The first kappa shape index (κ1) is 28.1. The van der Waals surface area contributed by atoms with Crippen LogP contribution in [0.2, 0.25) is 0 Å². The number of benzene rings is 2. The minimum absolute atomic E-state index is 0. The Hall–Kier alpha value is -2.44. The topological polar surface area (TPSA) is 92.3 Å². The van der Waals surface area contributed by atoms with E-state index >= 15 is 0 Å². The maximum absolute atomic E-state index is 13.6. The molecule has 0 spiro atoms. The molecule has 0 atom stereocenters. The van der Waals surface area contributed by atoms with E-state index < -0.39 is 10.0 Å². The minimum Gasteiger partial charge on any atom is -0.454 e. The Bertz CT molecular complexity index is 1270. The Morgan fingerprint density at radius 1 is 1.03 bits per heavy atom. The second kappa shape index (κ2) is 11.7. The number of thiazole rings is 1. The highest BCUT2D eigenvalue weighted by Gasteiger charge is 2.25. The molecule has 0 aliphatic carbocycles. The van der Waals surface area contributed by atoms with Crippen molar-refractivity contribution in [3.63, 3.8) is 0 Å². The van der Waals surface area contributed by atoms with Crippen LogP contribution >= 0.6 is 23.7 Å². The van der Waals surface area contributed by atoms with E-state index in [0.29, 0.717) is 41.8 Å². The van der Waals surface area contributed by atoms with Crippen molar-refractivity contribution >= 4 is 55.0 Å². The zero-order valence-corrected chi connectivity index (χ0v) is 23.2. The lowest BCUT2D eigenvalue weighted by Crippen LogP contribution is -2.33. The van der Waals surface area contributed by atoms with Gasteiger partial charge in [0.15, 0.2) is 16.6 Å². The molecule has 4 rings (SSSR count). The second-order valence-electron chi connectivity index (χ2n) is 8.40. The summed E-state index contributed by atoms with van der Waals surface area (Å²) in [5.41, 5.74) is 1.14. The molecule has 0 radical (unpaired) electrons. The Morgan fingerprint density at radius 2 is 1.67 bits per heavy atom. The number of sulfonamides is 1. The average molecular weight is 555 g/mol. The van der Waals surface area contributed by atoms with Crippen molar-refractivity contribution in [2.75, 3.05) is 52.0 Å². The van der Waals surface area contributed by atoms with Gasteiger partial charge in [-0.25, -0.2) is 13.4 Å². The van der Waals surface area contributed by atoms with Gasteiger partial charge in [0.05, 0.1) is 15.1 Å². The molecule has 1 amide bonds. The van der Waals surface area contributed by atoms with E-state index in [-0.39, 0.29) is 30.0 Å². The van der Waals surface area contributed by atoms with Gasteiger partial charge in [-0.15, -0.1) is 12.4 Å². The van der Waals surface area contributed by atoms with Crippen LogP contribution in [0.3, 0.4) is 0 Å². The second-order valence-corrected chi connectivity index (χ2v) is 11.3. The fourth-order valence-electron chi connectivity index (χ4n) is 3.89. The van der Waals surface area contributed by atoms with Gasteiger partial charge in [-0.1, -0.05) is 25.2 Å². The van der Waals surface area contributed by atoms with Crippen molar-refractivity contribution in [3.8, 4) is 11.5 Å². The number of ether oxygens (including phenoxy) is 2. The van der Waals surface area contributed by atoms with Gasteiger partial charge in [0.25, 0.3) is 5.91 Å². The number of rotatable bonds is 10. The maximum atomic E-state index is 13.6. The van der Waals surface area contributed by atoms with E-state index in [0.717, 1.165) is 23.2 Å². The predicted molar refractivity (Wildman–Crippen MR) is 144 cm³/mol. The van der Waals surface area contributed by atoms with E-state index in [1.807, 2.05) is 26.2 Å². The quantitative estimate of drug-likeness (QED) is 0.373. The summed E-state index contributed by atoms with van der Waals surface area (Å²) >= 11 is 1.41. The van der Waals surface area contributed by atoms with Crippen LogP contribution in [0.5, 0.6) is 11.5 Å². The summed E-state index contributed by atoms with van der Waals surface area (Å²) < 4.78 is 38.9. The summed E-state index contributed by atoms with van der Waals surface area (Å²) in [6, 6.07) is 9.84. The van der Waals surface area contributed by atoms with Gasteiger partial charge in [0.2, 0.25) is 16.8 Å². The highest BCUT2D eigenvalue weighted by molar-refractivity contribution is 7.89. The normalized spacial score (nSPS) is 12.8. The van der Waals surface area contributed by atoms with Crippen LogP contribution in [0, 0.1) is 0 Å². The van der Waals surface area contributed by atoms with Gasteiger partial charge in [-0.2, -0.15) is 4.31 Å². The van der Waals surface area contributed by atoms with Crippen LogP contribution in [-0.2, 0) is 10.0 Å². The van der Waals surface area contributed by atoms with E-state index in [2.05, 4.69) is 4.90 Å². The summed E-state index contributed by atoms with van der Waals surface area (Å²) in [5, 5.41) is 0.576. The largest absolute Gasteiger partial charge is 0.454 e.